The van der Waals surface area contributed by atoms with Crippen LogP contribution in [-0.2, 0) is 0 Å². The van der Waals surface area contributed by atoms with Crippen LogP contribution in [0.1, 0.15) is 29.9 Å². The number of thiazole rings is 1. The SMILES string of the molecule is CC1CCN(c2ncc(C=O)s2)CC1C. The van der Waals surface area contributed by atoms with Gasteiger partial charge in [0, 0.05) is 13.1 Å². The van der Waals surface area contributed by atoms with Gasteiger partial charge < -0.3 is 4.90 Å². The summed E-state index contributed by atoms with van der Waals surface area (Å²) in [5, 5.41) is 0.996. The average Bonchev–Trinajstić information content (AvgIpc) is 2.70. The molecule has 0 bridgehead atoms. The van der Waals surface area contributed by atoms with Crippen molar-refractivity contribution in [3.8, 4) is 0 Å². The fourth-order valence-electron chi connectivity index (χ4n) is 1.91. The van der Waals surface area contributed by atoms with Crippen LogP contribution < -0.4 is 4.90 Å². The molecule has 1 saturated heterocycles. The predicted molar refractivity (Wildman–Crippen MR) is 62.7 cm³/mol. The largest absolute Gasteiger partial charge is 0.348 e. The molecule has 15 heavy (non-hydrogen) atoms. The Morgan fingerprint density at radius 2 is 2.33 bits per heavy atom. The van der Waals surface area contributed by atoms with Crippen molar-refractivity contribution in [1.29, 1.82) is 0 Å². The third kappa shape index (κ3) is 2.20. The highest BCUT2D eigenvalue weighted by molar-refractivity contribution is 7.17. The first-order valence-electron chi connectivity index (χ1n) is 5.36. The lowest BCUT2D eigenvalue weighted by atomic mass is 9.89. The Balaban J connectivity index is 2.08. The first kappa shape index (κ1) is 10.6. The molecule has 3 nitrogen and oxygen atoms in total. The van der Waals surface area contributed by atoms with E-state index in [1.807, 2.05) is 0 Å². The van der Waals surface area contributed by atoms with Crippen molar-refractivity contribution < 1.29 is 4.79 Å². The maximum absolute atomic E-state index is 10.6. The number of piperidine rings is 1. The van der Waals surface area contributed by atoms with Gasteiger partial charge in [-0.25, -0.2) is 4.98 Å². The van der Waals surface area contributed by atoms with Crippen LogP contribution in [0.2, 0.25) is 0 Å². The first-order valence-corrected chi connectivity index (χ1v) is 6.18. The highest BCUT2D eigenvalue weighted by Crippen LogP contribution is 2.29. The van der Waals surface area contributed by atoms with Crippen LogP contribution in [0.15, 0.2) is 6.20 Å². The van der Waals surface area contributed by atoms with E-state index >= 15 is 0 Å². The number of nitrogens with zero attached hydrogens (tertiary/aromatic N) is 2. The molecule has 2 heterocycles. The van der Waals surface area contributed by atoms with Crippen molar-refractivity contribution in [3.05, 3.63) is 11.1 Å². The van der Waals surface area contributed by atoms with E-state index in [4.69, 9.17) is 0 Å². The van der Waals surface area contributed by atoms with E-state index < -0.39 is 0 Å². The van der Waals surface area contributed by atoms with Gasteiger partial charge in [-0.1, -0.05) is 25.2 Å². The lowest BCUT2D eigenvalue weighted by molar-refractivity contribution is 0.112. The number of hydrogen-bond donors (Lipinski definition) is 0. The summed E-state index contributed by atoms with van der Waals surface area (Å²) in [4.78, 5) is 17.9. The molecule has 1 fully saturated rings. The van der Waals surface area contributed by atoms with Gasteiger partial charge in [-0.05, 0) is 18.3 Å². The predicted octanol–water partition coefficient (Wildman–Crippen LogP) is 2.44. The van der Waals surface area contributed by atoms with Crippen molar-refractivity contribution >= 4 is 22.8 Å². The summed E-state index contributed by atoms with van der Waals surface area (Å²) in [6.45, 7) is 6.72. The van der Waals surface area contributed by atoms with Gasteiger partial charge in [-0.3, -0.25) is 4.79 Å². The minimum atomic E-state index is 0.710. The van der Waals surface area contributed by atoms with Crippen molar-refractivity contribution in [1.82, 2.24) is 4.98 Å². The minimum Gasteiger partial charge on any atom is -0.348 e. The topological polar surface area (TPSA) is 33.2 Å². The molecule has 0 saturated carbocycles. The Morgan fingerprint density at radius 3 is 2.93 bits per heavy atom. The zero-order valence-corrected chi connectivity index (χ0v) is 9.96. The summed E-state index contributed by atoms with van der Waals surface area (Å²) in [6.07, 6.45) is 3.75. The van der Waals surface area contributed by atoms with Gasteiger partial charge in [0.05, 0.1) is 11.1 Å². The smallest absolute Gasteiger partial charge is 0.185 e. The van der Waals surface area contributed by atoms with Gasteiger partial charge in [0.2, 0.25) is 0 Å². The van der Waals surface area contributed by atoms with Crippen LogP contribution in [0.25, 0.3) is 0 Å². The number of aromatic nitrogens is 1. The van der Waals surface area contributed by atoms with Gasteiger partial charge in [-0.2, -0.15) is 0 Å². The van der Waals surface area contributed by atoms with E-state index in [1.165, 1.54) is 17.8 Å². The zero-order chi connectivity index (χ0) is 10.8. The Hall–Kier alpha value is -0.900. The van der Waals surface area contributed by atoms with Gasteiger partial charge >= 0.3 is 0 Å². The van der Waals surface area contributed by atoms with Crippen LogP contribution in [0.4, 0.5) is 5.13 Å². The van der Waals surface area contributed by atoms with Crippen molar-refractivity contribution in [2.24, 2.45) is 11.8 Å². The van der Waals surface area contributed by atoms with Crippen LogP contribution >= 0.6 is 11.3 Å². The number of rotatable bonds is 2. The molecule has 0 amide bonds. The Bertz CT molecular complexity index is 350. The lowest BCUT2D eigenvalue weighted by Gasteiger charge is -2.35. The van der Waals surface area contributed by atoms with E-state index in [1.54, 1.807) is 6.20 Å². The van der Waals surface area contributed by atoms with E-state index in [0.717, 1.165) is 35.3 Å². The minimum absolute atomic E-state index is 0.710. The third-order valence-electron chi connectivity index (χ3n) is 3.23. The van der Waals surface area contributed by atoms with Crippen molar-refractivity contribution in [3.63, 3.8) is 0 Å². The average molecular weight is 224 g/mol. The van der Waals surface area contributed by atoms with E-state index in [0.29, 0.717) is 5.92 Å². The fraction of sp³-hybridized carbons (Fsp3) is 0.636. The number of hydrogen-bond acceptors (Lipinski definition) is 4. The summed E-state index contributed by atoms with van der Waals surface area (Å²) in [7, 11) is 0. The molecule has 0 aliphatic carbocycles. The van der Waals surface area contributed by atoms with Crippen LogP contribution in [0.3, 0.4) is 0 Å². The Labute approximate surface area is 94.1 Å². The van der Waals surface area contributed by atoms with E-state index in [-0.39, 0.29) is 0 Å². The first-order chi connectivity index (χ1) is 7.20. The van der Waals surface area contributed by atoms with E-state index in [2.05, 4.69) is 23.7 Å². The van der Waals surface area contributed by atoms with Gasteiger partial charge in [0.1, 0.15) is 0 Å². The molecular formula is C11H16N2OS. The Morgan fingerprint density at radius 1 is 1.53 bits per heavy atom. The van der Waals surface area contributed by atoms with Crippen LogP contribution in [-0.4, -0.2) is 24.4 Å². The molecule has 4 heteroatoms. The molecule has 2 atom stereocenters. The number of anilines is 1. The monoisotopic (exact) mass is 224 g/mol. The molecule has 0 radical (unpaired) electrons. The summed E-state index contributed by atoms with van der Waals surface area (Å²) >= 11 is 1.49. The second-order valence-electron chi connectivity index (χ2n) is 4.35. The molecule has 1 aliphatic rings. The molecule has 1 aromatic heterocycles. The molecular weight excluding hydrogens is 208 g/mol. The second kappa shape index (κ2) is 4.31. The van der Waals surface area contributed by atoms with Gasteiger partial charge in [0.25, 0.3) is 0 Å². The Kier molecular flexibility index (Phi) is 3.05. The molecule has 82 valence electrons. The third-order valence-corrected chi connectivity index (χ3v) is 4.22. The van der Waals surface area contributed by atoms with Crippen molar-refractivity contribution in [2.45, 2.75) is 20.3 Å². The maximum atomic E-state index is 10.6. The molecule has 1 aromatic rings. The molecule has 2 rings (SSSR count). The molecule has 0 aromatic carbocycles. The summed E-state index contributed by atoms with van der Waals surface area (Å²) in [5.74, 6) is 1.51. The maximum Gasteiger partial charge on any atom is 0.185 e. The normalized spacial score (nSPS) is 26.7. The number of aldehydes is 1. The van der Waals surface area contributed by atoms with Crippen LogP contribution in [0, 0.1) is 11.8 Å². The molecule has 1 aliphatic heterocycles. The fourth-order valence-corrected chi connectivity index (χ4v) is 2.68. The summed E-state index contributed by atoms with van der Waals surface area (Å²) in [5.41, 5.74) is 0. The highest BCUT2D eigenvalue weighted by Gasteiger charge is 2.24. The summed E-state index contributed by atoms with van der Waals surface area (Å²) in [6, 6.07) is 0. The van der Waals surface area contributed by atoms with Gasteiger partial charge in [0.15, 0.2) is 11.4 Å². The second-order valence-corrected chi connectivity index (χ2v) is 5.39. The quantitative estimate of drug-likeness (QED) is 0.723. The zero-order valence-electron chi connectivity index (χ0n) is 9.14. The van der Waals surface area contributed by atoms with Crippen molar-refractivity contribution in [2.75, 3.05) is 18.0 Å². The molecule has 0 N–H and O–H groups in total. The van der Waals surface area contributed by atoms with Gasteiger partial charge in [-0.15, -0.1) is 0 Å². The highest BCUT2D eigenvalue weighted by atomic mass is 32.1. The number of carbonyl (C=O) groups is 1. The summed E-state index contributed by atoms with van der Waals surface area (Å²) < 4.78 is 0. The van der Waals surface area contributed by atoms with E-state index in [9.17, 15) is 4.79 Å². The molecule has 2 unspecified atom stereocenters. The standard InChI is InChI=1S/C11H16N2OS/c1-8-3-4-13(6-9(8)2)11-12-5-10(7-14)15-11/h5,7-9H,3-4,6H2,1-2H3. The number of carbonyl (C=O) groups excluding carboxylic acids is 1. The van der Waals surface area contributed by atoms with Crippen LogP contribution in [0.5, 0.6) is 0 Å². The lowest BCUT2D eigenvalue weighted by Crippen LogP contribution is -2.38. The molecule has 0 spiro atoms.